The quantitative estimate of drug-likeness (QED) is 0.435. The van der Waals surface area contributed by atoms with Crippen molar-refractivity contribution in [2.75, 3.05) is 13.1 Å². The number of amides is 1. The Balaban J connectivity index is 2.49. The number of nitrogens with zero attached hydrogens (tertiary/aromatic N) is 1. The van der Waals surface area contributed by atoms with E-state index in [4.69, 9.17) is 19.5 Å². The van der Waals surface area contributed by atoms with Gasteiger partial charge in [0.05, 0.1) is 0 Å². The zero-order chi connectivity index (χ0) is 9.14. The molecule has 6 heteroatoms. The Bertz CT molecular complexity index is 168. The Morgan fingerprint density at radius 2 is 1.92 bits per heavy atom. The maximum Gasteiger partial charge on any atom is 0.391 e. The van der Waals surface area contributed by atoms with Crippen molar-refractivity contribution in [2.45, 2.75) is 18.5 Å². The van der Waals surface area contributed by atoms with E-state index in [1.807, 2.05) is 0 Å². The van der Waals surface area contributed by atoms with E-state index < -0.39 is 6.09 Å². The second-order valence-corrected chi connectivity index (χ2v) is 3.04. The Hall–Kier alpha value is -0.745. The van der Waals surface area contributed by atoms with Gasteiger partial charge >= 0.3 is 14.1 Å². The van der Waals surface area contributed by atoms with Gasteiger partial charge in [-0.3, -0.25) is 0 Å². The summed E-state index contributed by atoms with van der Waals surface area (Å²) in [7, 11) is 4.72. The minimum absolute atomic E-state index is 0.0761. The molecule has 2 unspecified atom stereocenters. The van der Waals surface area contributed by atoms with Crippen molar-refractivity contribution in [3.63, 3.8) is 0 Å². The highest BCUT2D eigenvalue weighted by atomic mass is 16.5. The van der Waals surface area contributed by atoms with Gasteiger partial charge in [-0.25, -0.2) is 4.79 Å². The van der Waals surface area contributed by atoms with Gasteiger partial charge in [0.1, 0.15) is 0 Å². The van der Waals surface area contributed by atoms with Crippen molar-refractivity contribution in [2.24, 2.45) is 11.5 Å². The fourth-order valence-corrected chi connectivity index (χ4v) is 1.40. The van der Waals surface area contributed by atoms with Crippen LogP contribution in [0.15, 0.2) is 0 Å². The fraction of sp³-hybridized carbons (Fsp3) is 0.833. The van der Waals surface area contributed by atoms with E-state index in [1.165, 1.54) is 4.90 Å². The van der Waals surface area contributed by atoms with Crippen LogP contribution in [0, 0.1) is 0 Å². The molecule has 4 N–H and O–H groups in total. The van der Waals surface area contributed by atoms with Gasteiger partial charge in [0.25, 0.3) is 0 Å². The van der Waals surface area contributed by atoms with Crippen molar-refractivity contribution >= 4 is 14.1 Å². The van der Waals surface area contributed by atoms with Crippen LogP contribution in [0.4, 0.5) is 4.79 Å². The van der Waals surface area contributed by atoms with Crippen molar-refractivity contribution in [1.29, 1.82) is 0 Å². The number of likely N-dealkylation sites (tertiary alicyclic amines) is 1. The summed E-state index contributed by atoms with van der Waals surface area (Å²) in [4.78, 5) is 12.3. The van der Waals surface area contributed by atoms with Crippen molar-refractivity contribution < 1.29 is 9.45 Å². The first-order valence-electron chi connectivity index (χ1n) is 3.80. The van der Waals surface area contributed by atoms with E-state index >= 15 is 0 Å². The Labute approximate surface area is 72.5 Å². The first-order valence-corrected chi connectivity index (χ1v) is 3.80. The first-order chi connectivity index (χ1) is 5.63. The molecule has 12 heavy (non-hydrogen) atoms. The highest BCUT2D eigenvalue weighted by Crippen LogP contribution is 2.08. The monoisotopic (exact) mass is 169 g/mol. The van der Waals surface area contributed by atoms with Gasteiger partial charge in [0.15, 0.2) is 0 Å². The number of hydrogen-bond acceptors (Lipinski definition) is 4. The molecule has 2 radical (unpaired) electrons. The van der Waals surface area contributed by atoms with Crippen molar-refractivity contribution in [3.05, 3.63) is 0 Å². The first kappa shape index (κ1) is 9.34. The number of hydrogen-bond donors (Lipinski definition) is 2. The summed E-state index contributed by atoms with van der Waals surface area (Å²) in [5, 5.41) is 0. The lowest BCUT2D eigenvalue weighted by Gasteiger charge is -2.33. The second-order valence-electron chi connectivity index (χ2n) is 3.04. The highest BCUT2D eigenvalue weighted by molar-refractivity contribution is 6.05. The van der Waals surface area contributed by atoms with Gasteiger partial charge in [-0.15, -0.1) is 0 Å². The van der Waals surface area contributed by atoms with E-state index in [-0.39, 0.29) is 12.1 Å². The van der Waals surface area contributed by atoms with E-state index in [0.717, 1.165) is 6.42 Å². The van der Waals surface area contributed by atoms with Gasteiger partial charge in [0, 0.05) is 25.2 Å². The van der Waals surface area contributed by atoms with Crippen LogP contribution in [-0.4, -0.2) is 44.2 Å². The molecule has 1 aliphatic rings. The van der Waals surface area contributed by atoms with Gasteiger partial charge in [-0.1, -0.05) is 0 Å². The summed E-state index contributed by atoms with van der Waals surface area (Å²) in [6.45, 7) is 0.924. The van der Waals surface area contributed by atoms with Gasteiger partial charge < -0.3 is 21.0 Å². The predicted molar refractivity (Wildman–Crippen MR) is 44.4 cm³/mol. The van der Waals surface area contributed by atoms with Crippen LogP contribution in [0.2, 0.25) is 0 Å². The Morgan fingerprint density at radius 3 is 2.33 bits per heavy atom. The third kappa shape index (κ3) is 2.12. The third-order valence-corrected chi connectivity index (χ3v) is 1.87. The molecule has 0 aromatic rings. The van der Waals surface area contributed by atoms with Crippen molar-refractivity contribution in [3.8, 4) is 0 Å². The Morgan fingerprint density at radius 1 is 1.42 bits per heavy atom. The molecule has 1 heterocycles. The third-order valence-electron chi connectivity index (χ3n) is 1.87. The summed E-state index contributed by atoms with van der Waals surface area (Å²) >= 11 is 0. The summed E-state index contributed by atoms with van der Waals surface area (Å²) in [5.41, 5.74) is 11.3. The molecular weight excluding hydrogens is 157 g/mol. The maximum atomic E-state index is 10.9. The van der Waals surface area contributed by atoms with Crippen LogP contribution in [0.1, 0.15) is 6.42 Å². The predicted octanol–water partition coefficient (Wildman–Crippen LogP) is -1.43. The lowest BCUT2D eigenvalue weighted by atomic mass is 10.0. The van der Waals surface area contributed by atoms with Crippen LogP contribution < -0.4 is 11.5 Å². The maximum absolute atomic E-state index is 10.9. The van der Waals surface area contributed by atoms with E-state index in [0.29, 0.717) is 13.1 Å². The molecule has 0 spiro atoms. The average Bonchev–Trinajstić information content (AvgIpc) is 2.01. The molecule has 1 amide bonds. The minimum atomic E-state index is -0.569. The normalized spacial score (nSPS) is 30.0. The molecular formula is C6H12BN3O2. The standard InChI is InChI=1S/C6H12BN3O2/c7-12-6(11)10-2-4(8)1-5(9)3-10/h4-5H,1-3,8-9H2. The zero-order valence-corrected chi connectivity index (χ0v) is 6.77. The molecule has 0 aromatic heterocycles. The van der Waals surface area contributed by atoms with Gasteiger partial charge in [-0.05, 0) is 6.42 Å². The average molecular weight is 169 g/mol. The summed E-state index contributed by atoms with van der Waals surface area (Å²) in [5.74, 6) is 0. The second kappa shape index (κ2) is 3.77. The molecule has 0 saturated carbocycles. The van der Waals surface area contributed by atoms with E-state index in [9.17, 15) is 4.79 Å². The smallest absolute Gasteiger partial charge is 0.391 e. The largest absolute Gasteiger partial charge is 0.528 e. The molecule has 66 valence electrons. The van der Waals surface area contributed by atoms with Crippen LogP contribution in [0.25, 0.3) is 0 Å². The molecule has 1 aliphatic heterocycles. The van der Waals surface area contributed by atoms with Crippen LogP contribution in [-0.2, 0) is 4.65 Å². The highest BCUT2D eigenvalue weighted by Gasteiger charge is 2.25. The lowest BCUT2D eigenvalue weighted by molar-refractivity contribution is 0.135. The number of piperidine rings is 1. The van der Waals surface area contributed by atoms with Gasteiger partial charge in [0.2, 0.25) is 0 Å². The molecule has 1 fully saturated rings. The molecule has 0 aliphatic carbocycles. The number of carbonyl (C=O) groups is 1. The fourth-order valence-electron chi connectivity index (χ4n) is 1.40. The number of carbonyl (C=O) groups excluding carboxylic acids is 1. The molecule has 0 aromatic carbocycles. The number of rotatable bonds is 0. The van der Waals surface area contributed by atoms with Crippen LogP contribution in [0.5, 0.6) is 0 Å². The molecule has 0 bridgehead atoms. The molecule has 2 atom stereocenters. The molecule has 1 rings (SSSR count). The molecule has 1 saturated heterocycles. The summed E-state index contributed by atoms with van der Waals surface area (Å²) < 4.78 is 4.06. The Kier molecular flexibility index (Phi) is 2.94. The van der Waals surface area contributed by atoms with Crippen molar-refractivity contribution in [1.82, 2.24) is 4.90 Å². The van der Waals surface area contributed by atoms with E-state index in [2.05, 4.69) is 4.65 Å². The van der Waals surface area contributed by atoms with Gasteiger partial charge in [-0.2, -0.15) is 0 Å². The SMILES string of the molecule is [B]OC(=O)N1CC(N)CC(N)C1. The molecule has 5 nitrogen and oxygen atoms in total. The van der Waals surface area contributed by atoms with Crippen LogP contribution >= 0.6 is 0 Å². The van der Waals surface area contributed by atoms with Crippen LogP contribution in [0.3, 0.4) is 0 Å². The lowest BCUT2D eigenvalue weighted by Crippen LogP contribution is -2.54. The minimum Gasteiger partial charge on any atom is -0.528 e. The van der Waals surface area contributed by atoms with E-state index in [1.54, 1.807) is 0 Å². The summed E-state index contributed by atoms with van der Waals surface area (Å²) in [6, 6.07) is -0.152. The number of nitrogens with two attached hydrogens (primary N) is 2. The topological polar surface area (TPSA) is 81.6 Å². The zero-order valence-electron chi connectivity index (χ0n) is 6.77. The summed E-state index contributed by atoms with van der Waals surface area (Å²) in [6.07, 6.45) is 0.162.